The van der Waals surface area contributed by atoms with Gasteiger partial charge in [-0.05, 0) is 17.7 Å². The minimum absolute atomic E-state index is 0.0228. The molecule has 2 aromatic heterocycles. The normalized spacial score (nSPS) is 12.4. The lowest BCUT2D eigenvalue weighted by molar-refractivity contribution is -0.138. The van der Waals surface area contributed by atoms with Crippen molar-refractivity contribution < 1.29 is 31.1 Å². The van der Waals surface area contributed by atoms with Crippen LogP contribution in [-0.4, -0.2) is 20.5 Å². The van der Waals surface area contributed by atoms with Gasteiger partial charge in [0.15, 0.2) is 11.5 Å². The topological polar surface area (TPSA) is 59.3 Å². The molecule has 29 heavy (non-hydrogen) atoms. The molecule has 0 radical (unpaired) electrons. The smallest absolute Gasteiger partial charge is 0.348 e. The number of fused-ring (bicyclic) bond motifs is 1. The second kappa shape index (κ2) is 7.54. The number of hydrogen-bond acceptors (Lipinski definition) is 3. The molecular formula is C17H11ClF6N4O. The van der Waals surface area contributed by atoms with Crippen LogP contribution in [0.1, 0.15) is 22.5 Å². The van der Waals surface area contributed by atoms with Gasteiger partial charge in [0.1, 0.15) is 0 Å². The molecule has 0 spiro atoms. The summed E-state index contributed by atoms with van der Waals surface area (Å²) in [5.41, 5.74) is -1.81. The highest BCUT2D eigenvalue weighted by Gasteiger charge is 2.32. The third-order valence-electron chi connectivity index (χ3n) is 3.92. The SMILES string of the molecule is O=C(Cc1cccc(C(F)(F)F)c1)NCc1nnc2c(Cl)cc(C(F)(F)F)cn12. The Balaban J connectivity index is 1.74. The zero-order valence-electron chi connectivity index (χ0n) is 14.3. The molecule has 0 saturated heterocycles. The van der Waals surface area contributed by atoms with E-state index >= 15 is 0 Å². The standard InChI is InChI=1S/C17H11ClF6N4O/c18-12-6-11(17(22,23)24)8-28-13(26-27-15(12)28)7-25-14(29)5-9-2-1-3-10(4-9)16(19,20)21/h1-4,6,8H,5,7H2,(H,25,29). The Morgan fingerprint density at radius 2 is 1.72 bits per heavy atom. The highest BCUT2D eigenvalue weighted by Crippen LogP contribution is 2.32. The van der Waals surface area contributed by atoms with Crippen molar-refractivity contribution in [3.63, 3.8) is 0 Å². The Labute approximate surface area is 164 Å². The predicted octanol–water partition coefficient (Wildman–Crippen LogP) is 4.28. The number of nitrogens with one attached hydrogen (secondary N) is 1. The Morgan fingerprint density at radius 1 is 1.03 bits per heavy atom. The van der Waals surface area contributed by atoms with E-state index in [0.29, 0.717) is 6.07 Å². The maximum Gasteiger partial charge on any atom is 0.417 e. The van der Waals surface area contributed by atoms with Crippen LogP contribution < -0.4 is 5.32 Å². The van der Waals surface area contributed by atoms with Crippen LogP contribution in [0.3, 0.4) is 0 Å². The molecule has 0 aliphatic carbocycles. The summed E-state index contributed by atoms with van der Waals surface area (Å²) in [7, 11) is 0. The van der Waals surface area contributed by atoms with Gasteiger partial charge in [0, 0.05) is 6.20 Å². The number of aromatic nitrogens is 3. The van der Waals surface area contributed by atoms with Crippen LogP contribution in [-0.2, 0) is 30.1 Å². The van der Waals surface area contributed by atoms with Gasteiger partial charge in [-0.3, -0.25) is 9.20 Å². The summed E-state index contributed by atoms with van der Waals surface area (Å²) >= 11 is 5.80. The van der Waals surface area contributed by atoms with E-state index in [0.717, 1.165) is 22.7 Å². The van der Waals surface area contributed by atoms with Crippen molar-refractivity contribution in [3.05, 3.63) is 64.1 Å². The summed E-state index contributed by atoms with van der Waals surface area (Å²) in [4.78, 5) is 12.0. The van der Waals surface area contributed by atoms with Crippen molar-refractivity contribution in [1.29, 1.82) is 0 Å². The average molecular weight is 437 g/mol. The minimum Gasteiger partial charge on any atom is -0.348 e. The van der Waals surface area contributed by atoms with Gasteiger partial charge in [-0.1, -0.05) is 29.8 Å². The summed E-state index contributed by atoms with van der Waals surface area (Å²) in [6.45, 7) is -0.295. The van der Waals surface area contributed by atoms with Crippen molar-refractivity contribution in [2.75, 3.05) is 0 Å². The summed E-state index contributed by atoms with van der Waals surface area (Å²) in [6, 6.07) is 4.98. The van der Waals surface area contributed by atoms with E-state index < -0.39 is 29.4 Å². The van der Waals surface area contributed by atoms with Gasteiger partial charge < -0.3 is 5.32 Å². The molecule has 0 aliphatic rings. The first kappa shape index (κ1) is 20.9. The first-order valence-electron chi connectivity index (χ1n) is 7.98. The van der Waals surface area contributed by atoms with E-state index in [4.69, 9.17) is 11.6 Å². The van der Waals surface area contributed by atoms with Gasteiger partial charge in [0.2, 0.25) is 5.91 Å². The lowest BCUT2D eigenvalue weighted by Gasteiger charge is -2.10. The van der Waals surface area contributed by atoms with Crippen molar-refractivity contribution in [2.24, 2.45) is 0 Å². The van der Waals surface area contributed by atoms with Crippen LogP contribution in [0, 0.1) is 0 Å². The molecule has 1 N–H and O–H groups in total. The number of amides is 1. The fourth-order valence-corrected chi connectivity index (χ4v) is 2.80. The van der Waals surface area contributed by atoms with E-state index in [9.17, 15) is 31.1 Å². The number of carbonyl (C=O) groups is 1. The van der Waals surface area contributed by atoms with Gasteiger partial charge in [0.05, 0.1) is 29.1 Å². The zero-order chi connectivity index (χ0) is 21.4. The monoisotopic (exact) mass is 436 g/mol. The maximum atomic E-state index is 12.9. The summed E-state index contributed by atoms with van der Waals surface area (Å²) in [5.74, 6) is -0.662. The second-order valence-electron chi connectivity index (χ2n) is 6.04. The third-order valence-corrected chi connectivity index (χ3v) is 4.20. The van der Waals surface area contributed by atoms with Crippen LogP contribution >= 0.6 is 11.6 Å². The van der Waals surface area contributed by atoms with Crippen molar-refractivity contribution in [2.45, 2.75) is 25.3 Å². The van der Waals surface area contributed by atoms with Crippen LogP contribution in [0.15, 0.2) is 36.5 Å². The van der Waals surface area contributed by atoms with E-state index in [2.05, 4.69) is 15.5 Å². The fourth-order valence-electron chi connectivity index (χ4n) is 2.56. The van der Waals surface area contributed by atoms with Crippen LogP contribution in [0.2, 0.25) is 5.02 Å². The molecule has 0 unspecified atom stereocenters. The lowest BCUT2D eigenvalue weighted by atomic mass is 10.1. The van der Waals surface area contributed by atoms with Gasteiger partial charge in [-0.15, -0.1) is 10.2 Å². The van der Waals surface area contributed by atoms with E-state index in [-0.39, 0.29) is 35.0 Å². The largest absolute Gasteiger partial charge is 0.417 e. The highest BCUT2D eigenvalue weighted by atomic mass is 35.5. The quantitative estimate of drug-likeness (QED) is 0.621. The molecule has 0 fully saturated rings. The number of halogens is 7. The van der Waals surface area contributed by atoms with Crippen LogP contribution in [0.5, 0.6) is 0 Å². The van der Waals surface area contributed by atoms with Crippen molar-refractivity contribution >= 4 is 23.2 Å². The van der Waals surface area contributed by atoms with E-state index in [1.807, 2.05) is 0 Å². The van der Waals surface area contributed by atoms with Crippen LogP contribution in [0.4, 0.5) is 26.3 Å². The molecule has 2 heterocycles. The Kier molecular flexibility index (Phi) is 5.44. The molecule has 3 aromatic rings. The number of alkyl halides is 6. The van der Waals surface area contributed by atoms with Gasteiger partial charge in [-0.25, -0.2) is 0 Å². The second-order valence-corrected chi connectivity index (χ2v) is 6.44. The van der Waals surface area contributed by atoms with E-state index in [1.165, 1.54) is 12.1 Å². The Bertz CT molecular complexity index is 1060. The number of hydrogen-bond donors (Lipinski definition) is 1. The van der Waals surface area contributed by atoms with Crippen molar-refractivity contribution in [3.8, 4) is 0 Å². The molecule has 0 bridgehead atoms. The lowest BCUT2D eigenvalue weighted by Crippen LogP contribution is -2.25. The summed E-state index contributed by atoms with van der Waals surface area (Å²) in [5, 5.41) is 9.51. The molecule has 12 heteroatoms. The molecule has 0 aliphatic heterocycles. The zero-order valence-corrected chi connectivity index (χ0v) is 15.0. The number of pyridine rings is 1. The predicted molar refractivity (Wildman–Crippen MR) is 90.0 cm³/mol. The minimum atomic E-state index is -4.65. The number of benzene rings is 1. The fraction of sp³-hybridized carbons (Fsp3) is 0.235. The molecule has 3 rings (SSSR count). The Morgan fingerprint density at radius 3 is 2.38 bits per heavy atom. The summed E-state index contributed by atoms with van der Waals surface area (Å²) < 4.78 is 78.0. The number of nitrogens with zero attached hydrogens (tertiary/aromatic N) is 3. The third kappa shape index (κ3) is 4.78. The number of rotatable bonds is 4. The molecule has 154 valence electrons. The van der Waals surface area contributed by atoms with E-state index in [1.54, 1.807) is 0 Å². The molecule has 1 amide bonds. The molecule has 0 saturated carbocycles. The summed E-state index contributed by atoms with van der Waals surface area (Å²) in [6.07, 6.45) is -8.79. The first-order chi connectivity index (χ1) is 13.4. The Hall–Kier alpha value is -2.82. The number of carbonyl (C=O) groups excluding carboxylic acids is 1. The average Bonchev–Trinajstić information content (AvgIpc) is 3.02. The highest BCUT2D eigenvalue weighted by molar-refractivity contribution is 6.33. The molecule has 0 atom stereocenters. The van der Waals surface area contributed by atoms with Gasteiger partial charge >= 0.3 is 12.4 Å². The molecule has 5 nitrogen and oxygen atoms in total. The van der Waals surface area contributed by atoms with Gasteiger partial charge in [0.25, 0.3) is 0 Å². The maximum absolute atomic E-state index is 12.9. The van der Waals surface area contributed by atoms with Crippen molar-refractivity contribution in [1.82, 2.24) is 19.9 Å². The molecular weight excluding hydrogens is 426 g/mol. The first-order valence-corrected chi connectivity index (χ1v) is 8.36. The molecule has 1 aromatic carbocycles. The van der Waals surface area contributed by atoms with Gasteiger partial charge in [-0.2, -0.15) is 26.3 Å². The van der Waals surface area contributed by atoms with Crippen LogP contribution in [0.25, 0.3) is 5.65 Å².